The van der Waals surface area contributed by atoms with E-state index in [-0.39, 0.29) is 11.5 Å². The van der Waals surface area contributed by atoms with Crippen LogP contribution in [0.3, 0.4) is 0 Å². The van der Waals surface area contributed by atoms with Crippen molar-refractivity contribution in [2.45, 2.75) is 52.6 Å². The number of hydrogen-bond donors (Lipinski definition) is 1. The van der Waals surface area contributed by atoms with Crippen LogP contribution in [0.25, 0.3) is 0 Å². The van der Waals surface area contributed by atoms with Crippen molar-refractivity contribution >= 4 is 0 Å². The zero-order chi connectivity index (χ0) is 10.6. The summed E-state index contributed by atoms with van der Waals surface area (Å²) in [6.45, 7) is 6.62. The lowest BCUT2D eigenvalue weighted by Gasteiger charge is -2.21. The average Bonchev–Trinajstić information content (AvgIpc) is 2.10. The van der Waals surface area contributed by atoms with Crippen LogP contribution in [0.2, 0.25) is 0 Å². The van der Waals surface area contributed by atoms with Crippen molar-refractivity contribution in [2.75, 3.05) is 0 Å². The fourth-order valence-electron chi connectivity index (χ4n) is 1.78. The van der Waals surface area contributed by atoms with Crippen LogP contribution in [0.5, 0.6) is 0 Å². The number of hydrogen-bond acceptors (Lipinski definition) is 1. The first-order valence-corrected chi connectivity index (χ1v) is 5.53. The summed E-state index contributed by atoms with van der Waals surface area (Å²) in [5, 5.41) is 9.65. The molecule has 0 radical (unpaired) electrons. The Hall–Kier alpha value is -0.560. The molecule has 0 spiro atoms. The molecule has 1 aliphatic rings. The minimum atomic E-state index is -0.303. The van der Waals surface area contributed by atoms with Crippen LogP contribution >= 0.6 is 0 Å². The number of aliphatic hydroxyl groups excluding tert-OH is 1. The van der Waals surface area contributed by atoms with Gasteiger partial charge in [-0.15, -0.1) is 0 Å². The average molecular weight is 194 g/mol. The summed E-state index contributed by atoms with van der Waals surface area (Å²) in [6, 6.07) is 0. The molecule has 0 saturated heterocycles. The molecular weight excluding hydrogens is 172 g/mol. The number of allylic oxidation sites excluding steroid dienone is 2. The van der Waals surface area contributed by atoms with Crippen molar-refractivity contribution < 1.29 is 5.11 Å². The van der Waals surface area contributed by atoms with Crippen molar-refractivity contribution in [3.8, 4) is 0 Å². The van der Waals surface area contributed by atoms with E-state index in [0.29, 0.717) is 0 Å². The summed E-state index contributed by atoms with van der Waals surface area (Å²) in [5.74, 6) is 0. The third-order valence-corrected chi connectivity index (χ3v) is 2.87. The highest BCUT2D eigenvalue weighted by Gasteiger charge is 2.14. The van der Waals surface area contributed by atoms with Gasteiger partial charge in [0.2, 0.25) is 0 Å². The Bertz CT molecular complexity index is 236. The quantitative estimate of drug-likeness (QED) is 0.586. The standard InChI is InChI=1S/C13H22O/c1-11-5-4-9-13(2,3)10-8-12(14)7-6-11/h6,8,10,12,14H,4-5,7,9H2,1-3H3/b10-8-,11-6+. The van der Waals surface area contributed by atoms with Gasteiger partial charge in [0.1, 0.15) is 0 Å². The van der Waals surface area contributed by atoms with Crippen molar-refractivity contribution in [3.05, 3.63) is 23.8 Å². The highest BCUT2D eigenvalue weighted by molar-refractivity contribution is 5.06. The molecule has 1 rings (SSSR count). The van der Waals surface area contributed by atoms with Gasteiger partial charge in [0, 0.05) is 0 Å². The van der Waals surface area contributed by atoms with Gasteiger partial charge in [-0.1, -0.05) is 37.6 Å². The smallest absolute Gasteiger partial charge is 0.0755 e. The summed E-state index contributed by atoms with van der Waals surface area (Å²) >= 11 is 0. The molecule has 0 aromatic rings. The first-order valence-electron chi connectivity index (χ1n) is 5.53. The highest BCUT2D eigenvalue weighted by Crippen LogP contribution is 2.27. The molecule has 1 atom stereocenters. The summed E-state index contributed by atoms with van der Waals surface area (Å²) in [4.78, 5) is 0. The van der Waals surface area contributed by atoms with E-state index in [1.165, 1.54) is 24.8 Å². The van der Waals surface area contributed by atoms with Crippen LogP contribution in [-0.2, 0) is 0 Å². The zero-order valence-electron chi connectivity index (χ0n) is 9.59. The Morgan fingerprint density at radius 3 is 2.86 bits per heavy atom. The summed E-state index contributed by atoms with van der Waals surface area (Å²) in [5.41, 5.74) is 1.65. The molecule has 0 bridgehead atoms. The maximum Gasteiger partial charge on any atom is 0.0755 e. The molecule has 0 amide bonds. The second-order valence-corrected chi connectivity index (χ2v) is 5.05. The molecular formula is C13H22O. The molecule has 1 unspecified atom stereocenters. The van der Waals surface area contributed by atoms with E-state index in [1.54, 1.807) is 0 Å². The summed E-state index contributed by atoms with van der Waals surface area (Å²) in [6.07, 6.45) is 10.3. The van der Waals surface area contributed by atoms with Crippen LogP contribution in [0, 0.1) is 5.41 Å². The molecule has 1 heteroatoms. The molecule has 1 aliphatic carbocycles. The molecule has 14 heavy (non-hydrogen) atoms. The summed E-state index contributed by atoms with van der Waals surface area (Å²) < 4.78 is 0. The predicted molar refractivity (Wildman–Crippen MR) is 61.2 cm³/mol. The normalized spacial score (nSPS) is 34.3. The SMILES string of the molecule is C/C1=C\CC(O)/C=C\C(C)(C)CCC1. The van der Waals surface area contributed by atoms with E-state index < -0.39 is 0 Å². The number of aliphatic hydroxyl groups is 1. The molecule has 0 saturated carbocycles. The topological polar surface area (TPSA) is 20.2 Å². The monoisotopic (exact) mass is 194 g/mol. The van der Waals surface area contributed by atoms with Crippen molar-refractivity contribution in [1.82, 2.24) is 0 Å². The second kappa shape index (κ2) is 4.79. The lowest BCUT2D eigenvalue weighted by molar-refractivity contribution is 0.224. The predicted octanol–water partition coefficient (Wildman–Crippen LogP) is 3.45. The van der Waals surface area contributed by atoms with Gasteiger partial charge in [0.25, 0.3) is 0 Å². The lowest BCUT2D eigenvalue weighted by atomic mass is 9.85. The van der Waals surface area contributed by atoms with Gasteiger partial charge in [-0.3, -0.25) is 0 Å². The maximum atomic E-state index is 9.65. The minimum absolute atomic E-state index is 0.235. The van der Waals surface area contributed by atoms with Gasteiger partial charge < -0.3 is 5.11 Å². The van der Waals surface area contributed by atoms with E-state index in [0.717, 1.165) is 6.42 Å². The number of rotatable bonds is 0. The van der Waals surface area contributed by atoms with Gasteiger partial charge in [0.15, 0.2) is 0 Å². The van der Waals surface area contributed by atoms with E-state index in [9.17, 15) is 5.11 Å². The molecule has 1 nitrogen and oxygen atoms in total. The first-order chi connectivity index (χ1) is 6.49. The Balaban J connectivity index is 2.69. The molecule has 0 aromatic heterocycles. The van der Waals surface area contributed by atoms with Crippen LogP contribution in [0.1, 0.15) is 46.5 Å². The zero-order valence-corrected chi connectivity index (χ0v) is 9.59. The van der Waals surface area contributed by atoms with E-state index in [2.05, 4.69) is 32.9 Å². The van der Waals surface area contributed by atoms with E-state index in [4.69, 9.17) is 0 Å². The van der Waals surface area contributed by atoms with Gasteiger partial charge in [-0.05, 0) is 38.0 Å². The molecule has 80 valence electrons. The highest BCUT2D eigenvalue weighted by atomic mass is 16.3. The van der Waals surface area contributed by atoms with Crippen molar-refractivity contribution in [1.29, 1.82) is 0 Å². The Morgan fingerprint density at radius 1 is 1.43 bits per heavy atom. The lowest BCUT2D eigenvalue weighted by Crippen LogP contribution is -2.11. The van der Waals surface area contributed by atoms with Crippen molar-refractivity contribution in [2.24, 2.45) is 5.41 Å². The van der Waals surface area contributed by atoms with E-state index in [1.807, 2.05) is 6.08 Å². The first kappa shape index (κ1) is 11.5. The minimum Gasteiger partial charge on any atom is -0.389 e. The Morgan fingerprint density at radius 2 is 2.14 bits per heavy atom. The van der Waals surface area contributed by atoms with Crippen LogP contribution in [-0.4, -0.2) is 11.2 Å². The third-order valence-electron chi connectivity index (χ3n) is 2.87. The maximum absolute atomic E-state index is 9.65. The summed E-state index contributed by atoms with van der Waals surface area (Å²) in [7, 11) is 0. The molecule has 0 aromatic carbocycles. The largest absolute Gasteiger partial charge is 0.389 e. The van der Waals surface area contributed by atoms with Gasteiger partial charge >= 0.3 is 0 Å². The van der Waals surface area contributed by atoms with Crippen LogP contribution in [0.4, 0.5) is 0 Å². The molecule has 0 aliphatic heterocycles. The van der Waals surface area contributed by atoms with Crippen LogP contribution < -0.4 is 0 Å². The fourth-order valence-corrected chi connectivity index (χ4v) is 1.78. The third kappa shape index (κ3) is 4.10. The Kier molecular flexibility index (Phi) is 3.94. The molecule has 1 N–H and O–H groups in total. The molecule has 0 fully saturated rings. The van der Waals surface area contributed by atoms with Gasteiger partial charge in [-0.2, -0.15) is 0 Å². The Labute approximate surface area is 87.5 Å². The molecule has 0 heterocycles. The van der Waals surface area contributed by atoms with Gasteiger partial charge in [0.05, 0.1) is 6.10 Å². The second-order valence-electron chi connectivity index (χ2n) is 5.05. The van der Waals surface area contributed by atoms with E-state index >= 15 is 0 Å². The fraction of sp³-hybridized carbons (Fsp3) is 0.692. The van der Waals surface area contributed by atoms with Crippen molar-refractivity contribution in [3.63, 3.8) is 0 Å². The van der Waals surface area contributed by atoms with Gasteiger partial charge in [-0.25, -0.2) is 0 Å². The van der Waals surface area contributed by atoms with Crippen LogP contribution in [0.15, 0.2) is 23.8 Å².